The van der Waals surface area contributed by atoms with Gasteiger partial charge in [0, 0.05) is 37.1 Å². The number of benzene rings is 1. The minimum Gasteiger partial charge on any atom is -0.396 e. The van der Waals surface area contributed by atoms with Gasteiger partial charge < -0.3 is 15.3 Å². The van der Waals surface area contributed by atoms with Crippen LogP contribution in [0.15, 0.2) is 42.9 Å². The van der Waals surface area contributed by atoms with Crippen molar-refractivity contribution in [2.24, 2.45) is 5.92 Å². The highest BCUT2D eigenvalue weighted by Crippen LogP contribution is 2.33. The fourth-order valence-corrected chi connectivity index (χ4v) is 3.88. The van der Waals surface area contributed by atoms with E-state index in [0.717, 1.165) is 38.0 Å². The molecule has 2 aromatic heterocycles. The van der Waals surface area contributed by atoms with E-state index < -0.39 is 0 Å². The molecule has 8 heteroatoms. The SMILES string of the molecule is O=C(Nc1cc(Cl)ccc1N1CCC(CCO)CC1)c1cnn2cccnc12. The van der Waals surface area contributed by atoms with Crippen LogP contribution >= 0.6 is 11.6 Å². The Morgan fingerprint density at radius 3 is 2.93 bits per heavy atom. The molecule has 0 unspecified atom stereocenters. The summed E-state index contributed by atoms with van der Waals surface area (Å²) in [4.78, 5) is 19.4. The number of hydrogen-bond acceptors (Lipinski definition) is 5. The number of amides is 1. The molecule has 146 valence electrons. The van der Waals surface area contributed by atoms with Crippen LogP contribution in [-0.2, 0) is 0 Å². The minimum absolute atomic E-state index is 0.237. The second kappa shape index (κ2) is 8.16. The molecule has 0 aliphatic carbocycles. The molecule has 28 heavy (non-hydrogen) atoms. The number of carbonyl (C=O) groups is 1. The Hall–Kier alpha value is -2.64. The van der Waals surface area contributed by atoms with Gasteiger partial charge in [-0.05, 0) is 49.4 Å². The molecule has 0 spiro atoms. The van der Waals surface area contributed by atoms with Crippen LogP contribution in [0.2, 0.25) is 5.02 Å². The standard InChI is InChI=1S/C20H22ClN5O2/c21-15-2-3-18(25-9-4-14(5-10-25)6-11-27)17(12-15)24-20(28)16-13-23-26-8-1-7-22-19(16)26/h1-3,7-8,12-14,27H,4-6,9-11H2,(H,24,28). The Labute approximate surface area is 167 Å². The lowest BCUT2D eigenvalue weighted by Crippen LogP contribution is -2.34. The van der Waals surface area contributed by atoms with Gasteiger partial charge in [0.1, 0.15) is 5.56 Å². The van der Waals surface area contributed by atoms with E-state index in [-0.39, 0.29) is 12.5 Å². The number of halogens is 1. The third-order valence-electron chi connectivity index (χ3n) is 5.22. The van der Waals surface area contributed by atoms with Crippen molar-refractivity contribution in [1.82, 2.24) is 14.6 Å². The molecular weight excluding hydrogens is 378 g/mol. The summed E-state index contributed by atoms with van der Waals surface area (Å²) in [6, 6.07) is 7.31. The summed E-state index contributed by atoms with van der Waals surface area (Å²) in [5, 5.41) is 16.9. The maximum Gasteiger partial charge on any atom is 0.261 e. The van der Waals surface area contributed by atoms with Gasteiger partial charge in [0.2, 0.25) is 0 Å². The molecule has 0 atom stereocenters. The highest BCUT2D eigenvalue weighted by atomic mass is 35.5. The quantitative estimate of drug-likeness (QED) is 0.688. The van der Waals surface area contributed by atoms with E-state index >= 15 is 0 Å². The lowest BCUT2D eigenvalue weighted by molar-refractivity contribution is 0.102. The first-order valence-corrected chi connectivity index (χ1v) is 9.78. The van der Waals surface area contributed by atoms with Gasteiger partial charge in [0.05, 0.1) is 17.6 Å². The monoisotopic (exact) mass is 399 g/mol. The van der Waals surface area contributed by atoms with Crippen molar-refractivity contribution >= 4 is 34.5 Å². The van der Waals surface area contributed by atoms with E-state index in [2.05, 4.69) is 20.3 Å². The lowest BCUT2D eigenvalue weighted by atomic mass is 9.93. The van der Waals surface area contributed by atoms with Gasteiger partial charge in [-0.1, -0.05) is 11.6 Å². The van der Waals surface area contributed by atoms with E-state index in [1.807, 2.05) is 12.1 Å². The molecule has 1 fully saturated rings. The zero-order chi connectivity index (χ0) is 19.5. The van der Waals surface area contributed by atoms with Crippen molar-refractivity contribution < 1.29 is 9.90 Å². The number of fused-ring (bicyclic) bond motifs is 1. The van der Waals surface area contributed by atoms with Crippen molar-refractivity contribution in [3.63, 3.8) is 0 Å². The highest BCUT2D eigenvalue weighted by Gasteiger charge is 2.22. The molecule has 1 aliphatic rings. The van der Waals surface area contributed by atoms with Crippen LogP contribution in [0.4, 0.5) is 11.4 Å². The molecule has 1 amide bonds. The van der Waals surface area contributed by atoms with E-state index in [1.165, 1.54) is 6.20 Å². The summed E-state index contributed by atoms with van der Waals surface area (Å²) >= 11 is 6.20. The molecule has 3 heterocycles. The molecule has 1 aromatic carbocycles. The fraction of sp³-hybridized carbons (Fsp3) is 0.350. The topological polar surface area (TPSA) is 82.8 Å². The van der Waals surface area contributed by atoms with Gasteiger partial charge in [-0.2, -0.15) is 5.10 Å². The molecule has 3 aromatic rings. The molecule has 2 N–H and O–H groups in total. The van der Waals surface area contributed by atoms with E-state index in [0.29, 0.717) is 27.8 Å². The molecular formula is C20H22ClN5O2. The molecule has 0 bridgehead atoms. The Kier molecular flexibility index (Phi) is 5.45. The van der Waals surface area contributed by atoms with Gasteiger partial charge in [-0.3, -0.25) is 4.79 Å². The largest absolute Gasteiger partial charge is 0.396 e. The van der Waals surface area contributed by atoms with Gasteiger partial charge in [0.15, 0.2) is 5.65 Å². The van der Waals surface area contributed by atoms with Gasteiger partial charge in [-0.25, -0.2) is 9.50 Å². The average Bonchev–Trinajstić information content (AvgIpc) is 3.13. The molecule has 1 aliphatic heterocycles. The summed E-state index contributed by atoms with van der Waals surface area (Å²) in [5.41, 5.74) is 2.54. The number of carbonyl (C=O) groups excluding carboxylic acids is 1. The molecule has 0 radical (unpaired) electrons. The van der Waals surface area contributed by atoms with Crippen LogP contribution in [0, 0.1) is 5.92 Å². The summed E-state index contributed by atoms with van der Waals surface area (Å²) < 4.78 is 1.57. The van der Waals surface area contributed by atoms with Crippen LogP contribution in [0.3, 0.4) is 0 Å². The second-order valence-electron chi connectivity index (χ2n) is 7.00. The summed E-state index contributed by atoms with van der Waals surface area (Å²) in [7, 11) is 0. The number of rotatable bonds is 5. The third-order valence-corrected chi connectivity index (χ3v) is 5.46. The van der Waals surface area contributed by atoms with Gasteiger partial charge >= 0.3 is 0 Å². The average molecular weight is 400 g/mol. The van der Waals surface area contributed by atoms with Crippen molar-refractivity contribution in [3.8, 4) is 0 Å². The number of nitrogens with zero attached hydrogens (tertiary/aromatic N) is 4. The number of nitrogens with one attached hydrogen (secondary N) is 1. The Morgan fingerprint density at radius 2 is 2.14 bits per heavy atom. The first kappa shape index (κ1) is 18.7. The van der Waals surface area contributed by atoms with Crippen molar-refractivity contribution in [2.45, 2.75) is 19.3 Å². The molecule has 1 saturated heterocycles. The Bertz CT molecular complexity index is 982. The van der Waals surface area contributed by atoms with Crippen LogP contribution in [0.1, 0.15) is 29.6 Å². The van der Waals surface area contributed by atoms with Crippen LogP contribution < -0.4 is 10.2 Å². The predicted molar refractivity (Wildman–Crippen MR) is 109 cm³/mol. The molecule has 0 saturated carbocycles. The zero-order valence-electron chi connectivity index (χ0n) is 15.4. The van der Waals surface area contributed by atoms with E-state index in [1.54, 1.807) is 29.0 Å². The number of aliphatic hydroxyl groups is 1. The molecule has 7 nitrogen and oxygen atoms in total. The van der Waals surface area contributed by atoms with Crippen molar-refractivity contribution in [2.75, 3.05) is 29.9 Å². The highest BCUT2D eigenvalue weighted by molar-refractivity contribution is 6.31. The first-order chi connectivity index (χ1) is 13.7. The Morgan fingerprint density at radius 1 is 1.32 bits per heavy atom. The summed E-state index contributed by atoms with van der Waals surface area (Å²) in [6.45, 7) is 2.00. The normalized spacial score (nSPS) is 15.1. The van der Waals surface area contributed by atoms with Crippen LogP contribution in [0.5, 0.6) is 0 Å². The summed E-state index contributed by atoms with van der Waals surface area (Å²) in [5.74, 6) is 0.281. The summed E-state index contributed by atoms with van der Waals surface area (Å²) in [6.07, 6.45) is 7.79. The van der Waals surface area contributed by atoms with Crippen molar-refractivity contribution in [1.29, 1.82) is 0 Å². The number of aromatic nitrogens is 3. The van der Waals surface area contributed by atoms with Crippen LogP contribution in [0.25, 0.3) is 5.65 Å². The smallest absolute Gasteiger partial charge is 0.261 e. The maximum absolute atomic E-state index is 12.9. The second-order valence-corrected chi connectivity index (χ2v) is 7.44. The maximum atomic E-state index is 12.9. The van der Waals surface area contributed by atoms with Crippen molar-refractivity contribution in [3.05, 3.63) is 53.4 Å². The fourth-order valence-electron chi connectivity index (χ4n) is 3.71. The number of aliphatic hydroxyl groups excluding tert-OH is 1. The third kappa shape index (κ3) is 3.81. The molecule has 4 rings (SSSR count). The minimum atomic E-state index is -0.271. The van der Waals surface area contributed by atoms with Crippen LogP contribution in [-0.4, -0.2) is 45.3 Å². The number of anilines is 2. The predicted octanol–water partition coefficient (Wildman–Crippen LogP) is 3.23. The van der Waals surface area contributed by atoms with Gasteiger partial charge in [0.25, 0.3) is 5.91 Å². The lowest BCUT2D eigenvalue weighted by Gasteiger charge is -2.34. The van der Waals surface area contributed by atoms with E-state index in [4.69, 9.17) is 16.7 Å². The van der Waals surface area contributed by atoms with Gasteiger partial charge in [-0.15, -0.1) is 0 Å². The number of piperidine rings is 1. The van der Waals surface area contributed by atoms with E-state index in [9.17, 15) is 4.79 Å². The Balaban J connectivity index is 1.56. The zero-order valence-corrected chi connectivity index (χ0v) is 16.1. The first-order valence-electron chi connectivity index (χ1n) is 9.41. The number of hydrogen-bond donors (Lipinski definition) is 2.